The molecule has 0 spiro atoms. The summed E-state index contributed by atoms with van der Waals surface area (Å²) in [5, 5.41) is 7.82. The highest BCUT2D eigenvalue weighted by molar-refractivity contribution is 7.89. The Labute approximate surface area is 134 Å². The second-order valence-corrected chi connectivity index (χ2v) is 7.74. The summed E-state index contributed by atoms with van der Waals surface area (Å²) in [6.45, 7) is 5.75. The van der Waals surface area contributed by atoms with Gasteiger partial charge in [-0.1, -0.05) is 36.5 Å². The Morgan fingerprint density at radius 3 is 2.33 bits per heavy atom. The van der Waals surface area contributed by atoms with Crippen LogP contribution in [0.15, 0.2) is 17.0 Å². The predicted molar refractivity (Wildman–Crippen MR) is 84.3 cm³/mol. The van der Waals surface area contributed by atoms with E-state index in [1.54, 1.807) is 0 Å². The Bertz CT molecular complexity index is 658. The standard InChI is InChI=1S/C13H18Cl2N2O3S/c1-4-5-13(2,3)17-12(18)8-6-11(21(16,19)20)10(15)7-9(8)14/h6-7H,4-5H2,1-3H3,(H,17,18)(H2,16,19,20). The minimum absolute atomic E-state index is 0.0225. The molecule has 21 heavy (non-hydrogen) atoms. The van der Waals surface area contributed by atoms with E-state index >= 15 is 0 Å². The number of amides is 1. The van der Waals surface area contributed by atoms with E-state index in [1.807, 2.05) is 20.8 Å². The van der Waals surface area contributed by atoms with E-state index in [1.165, 1.54) is 6.07 Å². The molecule has 0 radical (unpaired) electrons. The maximum absolute atomic E-state index is 12.3. The Morgan fingerprint density at radius 2 is 1.86 bits per heavy atom. The summed E-state index contributed by atoms with van der Waals surface area (Å²) in [5.74, 6) is -0.472. The van der Waals surface area contributed by atoms with Gasteiger partial charge in [0.2, 0.25) is 10.0 Å². The molecule has 0 aliphatic rings. The summed E-state index contributed by atoms with van der Waals surface area (Å²) in [6, 6.07) is 2.29. The zero-order valence-corrected chi connectivity index (χ0v) is 14.4. The van der Waals surface area contributed by atoms with Gasteiger partial charge >= 0.3 is 0 Å². The highest BCUT2D eigenvalue weighted by Gasteiger charge is 2.24. The number of hydrogen-bond acceptors (Lipinski definition) is 3. The normalized spacial score (nSPS) is 12.3. The van der Waals surface area contributed by atoms with Crippen molar-refractivity contribution in [3.63, 3.8) is 0 Å². The van der Waals surface area contributed by atoms with Crippen molar-refractivity contribution in [3.8, 4) is 0 Å². The Hall–Kier alpha value is -0.820. The summed E-state index contributed by atoms with van der Waals surface area (Å²) >= 11 is 11.8. The van der Waals surface area contributed by atoms with Gasteiger partial charge in [0.1, 0.15) is 4.90 Å². The van der Waals surface area contributed by atoms with Crippen molar-refractivity contribution in [1.82, 2.24) is 5.32 Å². The Balaban J connectivity index is 3.22. The van der Waals surface area contributed by atoms with Crippen LogP contribution in [0.2, 0.25) is 10.0 Å². The largest absolute Gasteiger partial charge is 0.347 e. The minimum Gasteiger partial charge on any atom is -0.347 e. The van der Waals surface area contributed by atoms with Gasteiger partial charge in [-0.05, 0) is 32.4 Å². The fraction of sp³-hybridized carbons (Fsp3) is 0.462. The van der Waals surface area contributed by atoms with Crippen molar-refractivity contribution in [2.24, 2.45) is 5.14 Å². The number of rotatable bonds is 5. The molecule has 118 valence electrons. The molecule has 1 amide bonds. The molecule has 0 aromatic heterocycles. The Kier molecular flexibility index (Phi) is 5.66. The number of hydrogen-bond donors (Lipinski definition) is 2. The smallest absolute Gasteiger partial charge is 0.253 e. The average Bonchev–Trinajstić information content (AvgIpc) is 2.25. The van der Waals surface area contributed by atoms with Gasteiger partial charge < -0.3 is 5.32 Å². The van der Waals surface area contributed by atoms with Gasteiger partial charge in [-0.15, -0.1) is 0 Å². The van der Waals surface area contributed by atoms with E-state index in [2.05, 4.69) is 5.32 Å². The third-order valence-corrected chi connectivity index (χ3v) is 4.59. The van der Waals surface area contributed by atoms with E-state index in [9.17, 15) is 13.2 Å². The number of halogens is 2. The van der Waals surface area contributed by atoms with Crippen LogP contribution in [-0.4, -0.2) is 19.9 Å². The van der Waals surface area contributed by atoms with E-state index in [4.69, 9.17) is 28.3 Å². The molecule has 1 aromatic rings. The first-order valence-electron chi connectivity index (χ1n) is 6.32. The molecule has 8 heteroatoms. The van der Waals surface area contributed by atoms with Crippen LogP contribution < -0.4 is 10.5 Å². The highest BCUT2D eigenvalue weighted by Crippen LogP contribution is 2.28. The van der Waals surface area contributed by atoms with Gasteiger partial charge in [0.05, 0.1) is 15.6 Å². The molecule has 0 unspecified atom stereocenters. The summed E-state index contributed by atoms with van der Waals surface area (Å²) in [4.78, 5) is 11.9. The quantitative estimate of drug-likeness (QED) is 0.853. The topological polar surface area (TPSA) is 89.3 Å². The molecule has 1 aromatic carbocycles. The van der Waals surface area contributed by atoms with E-state index in [0.717, 1.165) is 18.9 Å². The van der Waals surface area contributed by atoms with Crippen molar-refractivity contribution < 1.29 is 13.2 Å². The lowest BCUT2D eigenvalue weighted by atomic mass is 9.98. The van der Waals surface area contributed by atoms with Crippen molar-refractivity contribution in [2.45, 2.75) is 44.0 Å². The number of benzene rings is 1. The van der Waals surface area contributed by atoms with Crippen molar-refractivity contribution in [1.29, 1.82) is 0 Å². The predicted octanol–water partition coefficient (Wildman–Crippen LogP) is 2.95. The van der Waals surface area contributed by atoms with Gasteiger partial charge in [0.15, 0.2) is 0 Å². The maximum Gasteiger partial charge on any atom is 0.253 e. The van der Waals surface area contributed by atoms with Crippen LogP contribution in [0, 0.1) is 0 Å². The molecule has 1 rings (SSSR count). The second kappa shape index (κ2) is 6.52. The van der Waals surface area contributed by atoms with Crippen LogP contribution in [0.1, 0.15) is 44.0 Å². The van der Waals surface area contributed by atoms with Crippen molar-refractivity contribution in [3.05, 3.63) is 27.7 Å². The molecule has 0 fully saturated rings. The summed E-state index contributed by atoms with van der Waals surface area (Å²) in [5.41, 5.74) is -0.412. The monoisotopic (exact) mass is 352 g/mol. The van der Waals surface area contributed by atoms with E-state index < -0.39 is 21.5 Å². The van der Waals surface area contributed by atoms with Gasteiger partial charge in [-0.25, -0.2) is 13.6 Å². The first-order valence-corrected chi connectivity index (χ1v) is 8.62. The number of nitrogens with two attached hydrogens (primary N) is 1. The molecule has 5 nitrogen and oxygen atoms in total. The van der Waals surface area contributed by atoms with Crippen molar-refractivity contribution in [2.75, 3.05) is 0 Å². The third kappa shape index (κ3) is 4.85. The van der Waals surface area contributed by atoms with Crippen LogP contribution in [0.4, 0.5) is 0 Å². The van der Waals surface area contributed by atoms with E-state index in [-0.39, 0.29) is 20.5 Å². The number of carbonyl (C=O) groups excluding carboxylic acids is 1. The van der Waals surface area contributed by atoms with Crippen LogP contribution in [0.5, 0.6) is 0 Å². The van der Waals surface area contributed by atoms with Crippen LogP contribution in [-0.2, 0) is 10.0 Å². The molecular formula is C13H18Cl2N2O3S. The first-order chi connectivity index (χ1) is 9.48. The lowest BCUT2D eigenvalue weighted by Gasteiger charge is -2.26. The molecule has 0 bridgehead atoms. The number of carbonyl (C=O) groups is 1. The van der Waals surface area contributed by atoms with Crippen molar-refractivity contribution >= 4 is 39.1 Å². The van der Waals surface area contributed by atoms with Gasteiger partial charge in [-0.2, -0.15) is 0 Å². The SMILES string of the molecule is CCCC(C)(C)NC(=O)c1cc(S(N)(=O)=O)c(Cl)cc1Cl. The zero-order valence-electron chi connectivity index (χ0n) is 12.0. The number of nitrogens with one attached hydrogen (secondary N) is 1. The van der Waals surface area contributed by atoms with Gasteiger partial charge in [0, 0.05) is 5.54 Å². The summed E-state index contributed by atoms with van der Waals surface area (Å²) in [7, 11) is -4.03. The molecular weight excluding hydrogens is 335 g/mol. The minimum atomic E-state index is -4.03. The summed E-state index contributed by atoms with van der Waals surface area (Å²) in [6.07, 6.45) is 1.66. The molecule has 0 saturated carbocycles. The molecule has 0 saturated heterocycles. The van der Waals surface area contributed by atoms with Crippen LogP contribution >= 0.6 is 23.2 Å². The fourth-order valence-electron chi connectivity index (χ4n) is 1.98. The van der Waals surface area contributed by atoms with Crippen LogP contribution in [0.25, 0.3) is 0 Å². The first kappa shape index (κ1) is 18.2. The fourth-order valence-corrected chi connectivity index (χ4v) is 3.39. The average molecular weight is 353 g/mol. The van der Waals surface area contributed by atoms with Gasteiger partial charge in [0.25, 0.3) is 5.91 Å². The number of primary sulfonamides is 1. The molecule has 0 heterocycles. The number of sulfonamides is 1. The molecule has 0 aliphatic carbocycles. The third-order valence-electron chi connectivity index (χ3n) is 2.90. The van der Waals surface area contributed by atoms with Gasteiger partial charge in [-0.3, -0.25) is 4.79 Å². The zero-order chi connectivity index (χ0) is 16.4. The summed E-state index contributed by atoms with van der Waals surface area (Å²) < 4.78 is 22.9. The lowest BCUT2D eigenvalue weighted by Crippen LogP contribution is -2.43. The molecule has 3 N–H and O–H groups in total. The second-order valence-electron chi connectivity index (χ2n) is 5.40. The highest BCUT2D eigenvalue weighted by atomic mass is 35.5. The van der Waals surface area contributed by atoms with Crippen LogP contribution in [0.3, 0.4) is 0 Å². The molecule has 0 aliphatic heterocycles. The maximum atomic E-state index is 12.3. The Morgan fingerprint density at radius 1 is 1.29 bits per heavy atom. The van der Waals surface area contributed by atoms with E-state index in [0.29, 0.717) is 0 Å². The molecule has 0 atom stereocenters. The lowest BCUT2D eigenvalue weighted by molar-refractivity contribution is 0.0909.